The van der Waals surface area contributed by atoms with Gasteiger partial charge < -0.3 is 4.43 Å². The van der Waals surface area contributed by atoms with E-state index in [4.69, 9.17) is 10.8 Å². The van der Waals surface area contributed by atoms with E-state index in [9.17, 15) is 0 Å². The van der Waals surface area contributed by atoms with Crippen LogP contribution in [-0.2, 0) is 4.43 Å². The first-order valence-corrected chi connectivity index (χ1v) is 9.50. The second-order valence-electron chi connectivity index (χ2n) is 6.54. The molecule has 1 atom stereocenters. The molecule has 0 saturated carbocycles. The third-order valence-corrected chi connectivity index (χ3v) is 8.74. The van der Waals surface area contributed by atoms with Crippen molar-refractivity contribution in [2.24, 2.45) is 0 Å². The molecule has 3 heteroatoms. The first-order valence-electron chi connectivity index (χ1n) is 6.59. The highest BCUT2D eigenvalue weighted by molar-refractivity contribution is 6.74. The fourth-order valence-electron chi connectivity index (χ4n) is 1.93. The lowest BCUT2D eigenvalue weighted by Gasteiger charge is -2.37. The zero-order chi connectivity index (χ0) is 13.1. The maximum Gasteiger partial charge on any atom is 0.192 e. The van der Waals surface area contributed by atoms with Gasteiger partial charge in [-0.1, -0.05) is 26.7 Å². The second-order valence-corrected chi connectivity index (χ2v) is 11.4. The van der Waals surface area contributed by atoms with Crippen molar-refractivity contribution in [3.05, 3.63) is 0 Å². The van der Waals surface area contributed by atoms with Crippen molar-refractivity contribution in [1.82, 2.24) is 4.90 Å². The maximum atomic E-state index is 6.28. The first kappa shape index (κ1) is 14.8. The summed E-state index contributed by atoms with van der Waals surface area (Å²) in [4.78, 5) is 2.38. The van der Waals surface area contributed by atoms with Crippen molar-refractivity contribution in [2.45, 2.75) is 57.8 Å². The predicted molar refractivity (Wildman–Crippen MR) is 76.6 cm³/mol. The van der Waals surface area contributed by atoms with Gasteiger partial charge in [-0.15, -0.1) is 6.42 Å². The molecule has 1 aliphatic heterocycles. The summed E-state index contributed by atoms with van der Waals surface area (Å²) in [5, 5.41) is 0.294. The van der Waals surface area contributed by atoms with Crippen molar-refractivity contribution in [1.29, 1.82) is 0 Å². The van der Waals surface area contributed by atoms with Crippen LogP contribution in [0.15, 0.2) is 0 Å². The molecule has 0 aromatic carbocycles. The number of nitrogens with zero attached hydrogens (tertiary/aromatic N) is 1. The third-order valence-electron chi connectivity index (χ3n) is 4.24. The predicted octanol–water partition coefficient (Wildman–Crippen LogP) is 3.11. The molecule has 1 rings (SSSR count). The van der Waals surface area contributed by atoms with Crippen LogP contribution in [0.4, 0.5) is 0 Å². The summed E-state index contributed by atoms with van der Waals surface area (Å²) in [5.74, 6) is 2.75. The van der Waals surface area contributed by atoms with Crippen LogP contribution in [0.25, 0.3) is 0 Å². The molecule has 0 spiro atoms. The summed E-state index contributed by atoms with van der Waals surface area (Å²) >= 11 is 0. The zero-order valence-electron chi connectivity index (χ0n) is 12.0. The highest BCUT2D eigenvalue weighted by Crippen LogP contribution is 2.37. The van der Waals surface area contributed by atoms with Crippen LogP contribution in [0.1, 0.15) is 33.6 Å². The van der Waals surface area contributed by atoms with Crippen molar-refractivity contribution < 1.29 is 4.43 Å². The van der Waals surface area contributed by atoms with Crippen LogP contribution in [-0.4, -0.2) is 39.0 Å². The van der Waals surface area contributed by atoms with Gasteiger partial charge in [0, 0.05) is 12.6 Å². The molecular formula is C14H27NOSi. The molecule has 1 fully saturated rings. The maximum absolute atomic E-state index is 6.28. The van der Waals surface area contributed by atoms with Gasteiger partial charge in [-0.3, -0.25) is 4.90 Å². The highest BCUT2D eigenvalue weighted by atomic mass is 28.4. The first-order chi connectivity index (χ1) is 7.78. The number of hydrogen-bond donors (Lipinski definition) is 0. The summed E-state index contributed by atoms with van der Waals surface area (Å²) in [5.41, 5.74) is 0. The zero-order valence-corrected chi connectivity index (χ0v) is 13.0. The number of rotatable bonds is 4. The molecule has 0 radical (unpaired) electrons. The van der Waals surface area contributed by atoms with Crippen molar-refractivity contribution in [3.8, 4) is 12.3 Å². The Bertz CT molecular complexity index is 288. The summed E-state index contributed by atoms with van der Waals surface area (Å²) in [6.07, 6.45) is 7.89. The lowest BCUT2D eigenvalue weighted by molar-refractivity contribution is 0.175. The highest BCUT2D eigenvalue weighted by Gasteiger charge is 2.38. The van der Waals surface area contributed by atoms with Gasteiger partial charge in [0.05, 0.1) is 6.54 Å². The van der Waals surface area contributed by atoms with E-state index in [1.807, 2.05) is 0 Å². The van der Waals surface area contributed by atoms with Crippen LogP contribution in [0.2, 0.25) is 18.1 Å². The van der Waals surface area contributed by atoms with Crippen molar-refractivity contribution >= 4 is 8.32 Å². The minimum absolute atomic E-state index is 0.294. The molecule has 0 aromatic rings. The Balaban J connectivity index is 2.48. The van der Waals surface area contributed by atoms with Crippen molar-refractivity contribution in [2.75, 3.05) is 19.7 Å². The molecule has 0 aromatic heterocycles. The van der Waals surface area contributed by atoms with E-state index in [2.05, 4.69) is 44.7 Å². The molecule has 2 nitrogen and oxygen atoms in total. The fraction of sp³-hybridized carbons (Fsp3) is 0.857. The Morgan fingerprint density at radius 2 is 2.06 bits per heavy atom. The van der Waals surface area contributed by atoms with Crippen LogP contribution < -0.4 is 0 Å². The summed E-state index contributed by atoms with van der Waals surface area (Å²) in [7, 11) is -1.60. The fourth-order valence-corrected chi connectivity index (χ4v) is 2.97. The molecule has 17 heavy (non-hydrogen) atoms. The van der Waals surface area contributed by atoms with Crippen molar-refractivity contribution in [3.63, 3.8) is 0 Å². The van der Waals surface area contributed by atoms with E-state index in [-0.39, 0.29) is 0 Å². The minimum atomic E-state index is -1.60. The Kier molecular flexibility index (Phi) is 4.83. The molecule has 0 aliphatic carbocycles. The monoisotopic (exact) mass is 253 g/mol. The summed E-state index contributed by atoms with van der Waals surface area (Å²) in [6, 6.07) is 0.542. The SMILES string of the molecule is C#CCN1CCC[C@H]1CO[Si](C)(C)C(C)(C)C. The molecule has 1 aliphatic rings. The number of terminal acetylenes is 1. The summed E-state index contributed by atoms with van der Waals surface area (Å²) in [6.45, 7) is 14.2. The van der Waals surface area contributed by atoms with E-state index >= 15 is 0 Å². The average Bonchev–Trinajstić information content (AvgIpc) is 2.61. The van der Waals surface area contributed by atoms with Gasteiger partial charge in [0.2, 0.25) is 0 Å². The Labute approximate surface area is 108 Å². The van der Waals surface area contributed by atoms with Crippen LogP contribution in [0.5, 0.6) is 0 Å². The Morgan fingerprint density at radius 1 is 1.41 bits per heavy atom. The second kappa shape index (κ2) is 5.56. The molecule has 0 bridgehead atoms. The lowest BCUT2D eigenvalue weighted by Crippen LogP contribution is -2.44. The topological polar surface area (TPSA) is 12.5 Å². The van der Waals surface area contributed by atoms with Gasteiger partial charge in [-0.05, 0) is 37.5 Å². The molecule has 0 unspecified atom stereocenters. The molecule has 0 amide bonds. The quantitative estimate of drug-likeness (QED) is 0.564. The molecule has 0 N–H and O–H groups in total. The van der Waals surface area contributed by atoms with E-state index in [0.717, 1.165) is 19.7 Å². The van der Waals surface area contributed by atoms with Gasteiger partial charge in [0.1, 0.15) is 0 Å². The van der Waals surface area contributed by atoms with Crippen LogP contribution in [0, 0.1) is 12.3 Å². The largest absolute Gasteiger partial charge is 0.415 e. The Hall–Kier alpha value is -0.303. The van der Waals surface area contributed by atoms with E-state index < -0.39 is 8.32 Å². The minimum Gasteiger partial charge on any atom is -0.415 e. The Morgan fingerprint density at radius 3 is 2.59 bits per heavy atom. The normalized spacial score (nSPS) is 22.7. The van der Waals surface area contributed by atoms with Gasteiger partial charge in [-0.25, -0.2) is 0 Å². The molecular weight excluding hydrogens is 226 g/mol. The molecule has 98 valence electrons. The molecule has 1 saturated heterocycles. The third kappa shape index (κ3) is 3.84. The van der Waals surface area contributed by atoms with E-state index in [0.29, 0.717) is 11.1 Å². The summed E-state index contributed by atoms with van der Waals surface area (Å²) < 4.78 is 6.28. The van der Waals surface area contributed by atoms with Crippen LogP contribution >= 0.6 is 0 Å². The van der Waals surface area contributed by atoms with Gasteiger partial charge in [-0.2, -0.15) is 0 Å². The lowest BCUT2D eigenvalue weighted by atomic mass is 10.2. The van der Waals surface area contributed by atoms with E-state index in [1.54, 1.807) is 0 Å². The van der Waals surface area contributed by atoms with Gasteiger partial charge in [0.25, 0.3) is 0 Å². The average molecular weight is 253 g/mol. The standard InChI is InChI=1S/C14H27NOSi/c1-7-10-15-11-8-9-13(15)12-16-17(5,6)14(2,3)4/h1,13H,8-12H2,2-6H3/t13-/m0/s1. The van der Waals surface area contributed by atoms with Crippen LogP contribution in [0.3, 0.4) is 0 Å². The van der Waals surface area contributed by atoms with Gasteiger partial charge >= 0.3 is 0 Å². The number of likely N-dealkylation sites (tertiary alicyclic amines) is 1. The smallest absolute Gasteiger partial charge is 0.192 e. The molecule has 1 heterocycles. The van der Waals surface area contributed by atoms with E-state index in [1.165, 1.54) is 12.8 Å². The number of hydrogen-bond acceptors (Lipinski definition) is 2. The van der Waals surface area contributed by atoms with Gasteiger partial charge in [0.15, 0.2) is 8.32 Å².